The van der Waals surface area contributed by atoms with Crippen LogP contribution in [0.3, 0.4) is 0 Å². The lowest BCUT2D eigenvalue weighted by Gasteiger charge is -2.30. The van der Waals surface area contributed by atoms with E-state index < -0.39 is 5.92 Å². The molecule has 1 aliphatic heterocycles. The predicted molar refractivity (Wildman–Crippen MR) is 87.3 cm³/mol. The van der Waals surface area contributed by atoms with Gasteiger partial charge in [0.25, 0.3) is 0 Å². The minimum atomic E-state index is -0.472. The second kappa shape index (κ2) is 6.28. The number of aromatic hydroxyl groups is 1. The summed E-state index contributed by atoms with van der Waals surface area (Å²) in [5.74, 6) is -0.347. The van der Waals surface area contributed by atoms with Crippen LogP contribution in [0.15, 0.2) is 40.7 Å². The van der Waals surface area contributed by atoms with Crippen molar-refractivity contribution < 1.29 is 19.4 Å². The smallest absolute Gasteiger partial charge is 0.160 e. The fraction of sp³-hybridized carbons (Fsp3) is 0.333. The van der Waals surface area contributed by atoms with E-state index in [1.165, 1.54) is 27.0 Å². The first kappa shape index (κ1) is 16.8. The molecule has 2 N–H and O–H groups in total. The quantitative estimate of drug-likeness (QED) is 0.893. The zero-order valence-electron chi connectivity index (χ0n) is 14.0. The number of benzene rings is 1. The molecule has 0 saturated carbocycles. The zero-order chi connectivity index (χ0) is 17.3. The Morgan fingerprint density at radius 1 is 1.09 bits per heavy atom. The van der Waals surface area contributed by atoms with Crippen molar-refractivity contribution in [2.24, 2.45) is 0 Å². The molecule has 5 heteroatoms. The van der Waals surface area contributed by atoms with Gasteiger partial charge in [-0.3, -0.25) is 9.59 Å². The minimum absolute atomic E-state index is 0.0142. The van der Waals surface area contributed by atoms with E-state index in [0.29, 0.717) is 16.9 Å². The topological polar surface area (TPSA) is 75.6 Å². The van der Waals surface area contributed by atoms with Gasteiger partial charge in [-0.2, -0.15) is 0 Å². The lowest BCUT2D eigenvalue weighted by atomic mass is 9.77. The SMILES string of the molecule is COc1cc(C2C(C(C)=O)=C(C)NC(C)=C2C(C)=O)ccc1O. The van der Waals surface area contributed by atoms with Crippen molar-refractivity contribution in [1.29, 1.82) is 0 Å². The Morgan fingerprint density at radius 2 is 1.61 bits per heavy atom. The molecule has 23 heavy (non-hydrogen) atoms. The summed E-state index contributed by atoms with van der Waals surface area (Å²) in [4.78, 5) is 24.4. The number of rotatable bonds is 4. The van der Waals surface area contributed by atoms with E-state index in [1.54, 1.807) is 12.1 Å². The van der Waals surface area contributed by atoms with Gasteiger partial charge in [-0.1, -0.05) is 6.07 Å². The maximum atomic E-state index is 12.2. The van der Waals surface area contributed by atoms with Crippen LogP contribution in [0.25, 0.3) is 0 Å². The van der Waals surface area contributed by atoms with Gasteiger partial charge < -0.3 is 15.2 Å². The maximum Gasteiger partial charge on any atom is 0.160 e. The lowest BCUT2D eigenvalue weighted by Crippen LogP contribution is -2.29. The van der Waals surface area contributed by atoms with Crippen LogP contribution in [0, 0.1) is 0 Å². The van der Waals surface area contributed by atoms with Crippen molar-refractivity contribution in [2.45, 2.75) is 33.6 Å². The average Bonchev–Trinajstić information content (AvgIpc) is 2.45. The molecular weight excluding hydrogens is 294 g/mol. The second-order valence-electron chi connectivity index (χ2n) is 5.68. The molecule has 5 nitrogen and oxygen atoms in total. The number of methoxy groups -OCH3 is 1. The third kappa shape index (κ3) is 2.99. The largest absolute Gasteiger partial charge is 0.504 e. The molecule has 0 saturated heterocycles. The fourth-order valence-corrected chi connectivity index (χ4v) is 3.13. The Morgan fingerprint density at radius 3 is 2.04 bits per heavy atom. The van der Waals surface area contributed by atoms with Gasteiger partial charge in [-0.15, -0.1) is 0 Å². The zero-order valence-corrected chi connectivity index (χ0v) is 14.0. The summed E-state index contributed by atoms with van der Waals surface area (Å²) >= 11 is 0. The molecule has 2 rings (SSSR count). The highest BCUT2D eigenvalue weighted by atomic mass is 16.5. The molecule has 122 valence electrons. The van der Waals surface area contributed by atoms with Gasteiger partial charge in [0, 0.05) is 28.5 Å². The first-order valence-electron chi connectivity index (χ1n) is 7.35. The Kier molecular flexibility index (Phi) is 4.59. The molecule has 1 aliphatic rings. The maximum absolute atomic E-state index is 12.2. The highest BCUT2D eigenvalue weighted by Crippen LogP contribution is 2.41. The number of allylic oxidation sites excluding steroid dienone is 4. The molecule has 0 aliphatic carbocycles. The number of hydrogen-bond acceptors (Lipinski definition) is 5. The van der Waals surface area contributed by atoms with Gasteiger partial charge in [0.05, 0.1) is 7.11 Å². The van der Waals surface area contributed by atoms with E-state index >= 15 is 0 Å². The molecule has 0 amide bonds. The summed E-state index contributed by atoms with van der Waals surface area (Å²) in [6, 6.07) is 4.88. The van der Waals surface area contributed by atoms with E-state index in [4.69, 9.17) is 4.74 Å². The number of Topliss-reactive ketones (excluding diaryl/α,β-unsaturated/α-hetero) is 2. The lowest BCUT2D eigenvalue weighted by molar-refractivity contribution is -0.114. The number of carbonyl (C=O) groups excluding carboxylic acids is 2. The highest BCUT2D eigenvalue weighted by molar-refractivity contribution is 6.03. The van der Waals surface area contributed by atoms with Crippen LogP contribution in [0.2, 0.25) is 0 Å². The average molecular weight is 315 g/mol. The number of nitrogens with one attached hydrogen (secondary N) is 1. The summed E-state index contributed by atoms with van der Waals surface area (Å²) in [7, 11) is 1.46. The number of phenolic OH excluding ortho intramolecular Hbond substituents is 1. The Hall–Kier alpha value is -2.56. The molecule has 0 bridgehead atoms. The number of ether oxygens (including phenoxy) is 1. The Bertz CT molecular complexity index is 707. The van der Waals surface area contributed by atoms with E-state index in [2.05, 4.69) is 5.32 Å². The highest BCUT2D eigenvalue weighted by Gasteiger charge is 2.33. The molecule has 0 radical (unpaired) electrons. The van der Waals surface area contributed by atoms with Crippen LogP contribution < -0.4 is 10.1 Å². The van der Waals surface area contributed by atoms with Crippen molar-refractivity contribution in [2.75, 3.05) is 7.11 Å². The number of phenols is 1. The summed E-state index contributed by atoms with van der Waals surface area (Å²) in [5, 5.41) is 12.9. The summed E-state index contributed by atoms with van der Waals surface area (Å²) in [5.41, 5.74) is 3.30. The third-order valence-corrected chi connectivity index (χ3v) is 4.06. The van der Waals surface area contributed by atoms with E-state index in [1.807, 2.05) is 13.8 Å². The summed E-state index contributed by atoms with van der Waals surface area (Å²) in [6.07, 6.45) is 0. The van der Waals surface area contributed by atoms with Crippen LogP contribution in [0.4, 0.5) is 0 Å². The molecule has 1 aromatic carbocycles. The van der Waals surface area contributed by atoms with Gasteiger partial charge in [-0.05, 0) is 45.4 Å². The number of ketones is 2. The summed E-state index contributed by atoms with van der Waals surface area (Å²) < 4.78 is 5.15. The van der Waals surface area contributed by atoms with E-state index in [9.17, 15) is 14.7 Å². The molecule has 1 aromatic rings. The van der Waals surface area contributed by atoms with Crippen molar-refractivity contribution in [3.05, 3.63) is 46.3 Å². The second-order valence-corrected chi connectivity index (χ2v) is 5.68. The van der Waals surface area contributed by atoms with E-state index in [-0.39, 0.29) is 17.3 Å². The first-order chi connectivity index (χ1) is 10.8. The third-order valence-electron chi connectivity index (χ3n) is 4.06. The first-order valence-corrected chi connectivity index (χ1v) is 7.35. The number of hydrogen-bond donors (Lipinski definition) is 2. The van der Waals surface area contributed by atoms with Crippen molar-refractivity contribution in [3.8, 4) is 11.5 Å². The molecule has 0 atom stereocenters. The van der Waals surface area contributed by atoms with Gasteiger partial charge in [0.2, 0.25) is 0 Å². The predicted octanol–water partition coefficient (Wildman–Crippen LogP) is 2.81. The molecular formula is C18H21NO4. The Balaban J connectivity index is 2.72. The van der Waals surface area contributed by atoms with Crippen LogP contribution >= 0.6 is 0 Å². The molecule has 0 fully saturated rings. The van der Waals surface area contributed by atoms with Gasteiger partial charge in [0.15, 0.2) is 23.1 Å². The standard InChI is InChI=1S/C18H21NO4/c1-9-16(11(3)20)18(17(12(4)21)10(2)19-9)13-6-7-14(22)15(8-13)23-5/h6-8,18-19,22H,1-5H3. The number of carbonyl (C=O) groups is 2. The van der Waals surface area contributed by atoms with Crippen molar-refractivity contribution >= 4 is 11.6 Å². The van der Waals surface area contributed by atoms with Gasteiger partial charge >= 0.3 is 0 Å². The molecule has 0 aromatic heterocycles. The molecule has 0 spiro atoms. The van der Waals surface area contributed by atoms with Gasteiger partial charge in [-0.25, -0.2) is 0 Å². The van der Waals surface area contributed by atoms with E-state index in [0.717, 1.165) is 17.0 Å². The fourth-order valence-electron chi connectivity index (χ4n) is 3.13. The van der Waals surface area contributed by atoms with Crippen LogP contribution in [-0.4, -0.2) is 23.8 Å². The number of dihydropyridines is 1. The normalized spacial score (nSPS) is 15.5. The molecule has 0 unspecified atom stereocenters. The summed E-state index contributed by atoms with van der Waals surface area (Å²) in [6.45, 7) is 6.62. The monoisotopic (exact) mass is 315 g/mol. The van der Waals surface area contributed by atoms with Crippen molar-refractivity contribution in [3.63, 3.8) is 0 Å². The Labute approximate surface area is 135 Å². The molecule has 1 heterocycles. The van der Waals surface area contributed by atoms with Gasteiger partial charge in [0.1, 0.15) is 0 Å². The van der Waals surface area contributed by atoms with Crippen LogP contribution in [-0.2, 0) is 9.59 Å². The van der Waals surface area contributed by atoms with Crippen LogP contribution in [0.5, 0.6) is 11.5 Å². The minimum Gasteiger partial charge on any atom is -0.504 e. The van der Waals surface area contributed by atoms with Crippen molar-refractivity contribution in [1.82, 2.24) is 5.32 Å². The van der Waals surface area contributed by atoms with Crippen LogP contribution in [0.1, 0.15) is 39.2 Å².